The van der Waals surface area contributed by atoms with Crippen LogP contribution in [0, 0.1) is 6.92 Å². The number of hydrogen-bond acceptors (Lipinski definition) is 3. The van der Waals surface area contributed by atoms with E-state index < -0.39 is 0 Å². The smallest absolute Gasteiger partial charge is 0.234 e. The number of benzene rings is 3. The first-order valence-corrected chi connectivity index (χ1v) is 11.4. The molecule has 1 atom stereocenters. The SMILES string of the molecule is Cc1ccc(CN2C(=O)CS[C@@H]2c2cn(-c3ccccc3)nc2-c2ccccc2)cc1. The van der Waals surface area contributed by atoms with Crippen LogP contribution >= 0.6 is 11.8 Å². The number of nitrogens with zero attached hydrogens (tertiary/aromatic N) is 3. The van der Waals surface area contributed by atoms with Gasteiger partial charge < -0.3 is 4.90 Å². The lowest BCUT2D eigenvalue weighted by Crippen LogP contribution is -2.27. The molecule has 1 aliphatic heterocycles. The maximum atomic E-state index is 12.8. The van der Waals surface area contributed by atoms with Crippen molar-refractivity contribution in [3.05, 3.63) is 108 Å². The number of para-hydroxylation sites is 1. The van der Waals surface area contributed by atoms with Crippen LogP contribution in [0.5, 0.6) is 0 Å². The van der Waals surface area contributed by atoms with Crippen molar-refractivity contribution in [1.29, 1.82) is 0 Å². The molecule has 4 nitrogen and oxygen atoms in total. The molecule has 5 heteroatoms. The van der Waals surface area contributed by atoms with E-state index in [2.05, 4.69) is 49.5 Å². The van der Waals surface area contributed by atoms with Crippen LogP contribution in [-0.2, 0) is 11.3 Å². The average molecular weight is 426 g/mol. The summed E-state index contributed by atoms with van der Waals surface area (Å²) in [5.41, 5.74) is 6.41. The minimum Gasteiger partial charge on any atom is -0.321 e. The number of carbonyl (C=O) groups excluding carboxylic acids is 1. The lowest BCUT2D eigenvalue weighted by molar-refractivity contribution is -0.128. The molecule has 3 aromatic carbocycles. The van der Waals surface area contributed by atoms with Gasteiger partial charge in [-0.1, -0.05) is 78.4 Å². The fourth-order valence-corrected chi connectivity index (χ4v) is 5.06. The van der Waals surface area contributed by atoms with Gasteiger partial charge in [0.05, 0.1) is 17.1 Å². The number of thioether (sulfide) groups is 1. The van der Waals surface area contributed by atoms with Crippen LogP contribution in [0.3, 0.4) is 0 Å². The minimum absolute atomic E-state index is 0.0681. The number of carbonyl (C=O) groups is 1. The second kappa shape index (κ2) is 8.44. The van der Waals surface area contributed by atoms with E-state index in [4.69, 9.17) is 5.10 Å². The van der Waals surface area contributed by atoms with E-state index >= 15 is 0 Å². The van der Waals surface area contributed by atoms with Gasteiger partial charge >= 0.3 is 0 Å². The van der Waals surface area contributed by atoms with Gasteiger partial charge in [-0.15, -0.1) is 11.8 Å². The average Bonchev–Trinajstić information content (AvgIpc) is 3.41. The zero-order chi connectivity index (χ0) is 21.2. The van der Waals surface area contributed by atoms with Gasteiger partial charge in [-0.05, 0) is 24.6 Å². The standard InChI is InChI=1S/C26H23N3OS/c1-19-12-14-20(15-13-19)16-28-24(30)18-31-26(28)23-17-29(22-10-6-3-7-11-22)27-25(23)21-8-4-2-5-9-21/h2-15,17,26H,16,18H2,1H3/t26-/m1/s1. The molecule has 154 valence electrons. The summed E-state index contributed by atoms with van der Waals surface area (Å²) in [4.78, 5) is 14.8. The molecule has 31 heavy (non-hydrogen) atoms. The summed E-state index contributed by atoms with van der Waals surface area (Å²) in [6.07, 6.45) is 2.08. The predicted octanol–water partition coefficient (Wildman–Crippen LogP) is 5.62. The number of rotatable bonds is 5. The lowest BCUT2D eigenvalue weighted by atomic mass is 10.1. The molecule has 2 heterocycles. The lowest BCUT2D eigenvalue weighted by Gasteiger charge is -2.24. The monoisotopic (exact) mass is 425 g/mol. The van der Waals surface area contributed by atoms with Crippen LogP contribution < -0.4 is 0 Å². The molecule has 0 N–H and O–H groups in total. The van der Waals surface area contributed by atoms with Crippen LogP contribution in [0.1, 0.15) is 22.1 Å². The number of amides is 1. The molecule has 0 spiro atoms. The maximum Gasteiger partial charge on any atom is 0.234 e. The quantitative estimate of drug-likeness (QED) is 0.416. The molecule has 0 bridgehead atoms. The third-order valence-corrected chi connectivity index (χ3v) is 6.76. The van der Waals surface area contributed by atoms with Crippen LogP contribution in [0.25, 0.3) is 16.9 Å². The number of aryl methyl sites for hydroxylation is 1. The van der Waals surface area contributed by atoms with Crippen LogP contribution in [0.4, 0.5) is 0 Å². The Hall–Kier alpha value is -3.31. The summed E-state index contributed by atoms with van der Waals surface area (Å²) in [7, 11) is 0. The second-order valence-electron chi connectivity index (χ2n) is 7.75. The molecule has 1 aromatic heterocycles. The van der Waals surface area contributed by atoms with E-state index in [1.807, 2.05) is 58.1 Å². The Morgan fingerprint density at radius 2 is 1.61 bits per heavy atom. The van der Waals surface area contributed by atoms with Crippen LogP contribution in [0.2, 0.25) is 0 Å². The van der Waals surface area contributed by atoms with E-state index in [1.165, 1.54) is 5.56 Å². The third kappa shape index (κ3) is 4.01. The highest BCUT2D eigenvalue weighted by molar-refractivity contribution is 8.00. The van der Waals surface area contributed by atoms with E-state index in [9.17, 15) is 4.79 Å². The zero-order valence-electron chi connectivity index (χ0n) is 17.3. The van der Waals surface area contributed by atoms with Crippen molar-refractivity contribution in [3.63, 3.8) is 0 Å². The maximum absolute atomic E-state index is 12.8. The van der Waals surface area contributed by atoms with Gasteiger partial charge in [-0.3, -0.25) is 4.79 Å². The van der Waals surface area contributed by atoms with Gasteiger partial charge in [0.2, 0.25) is 5.91 Å². The van der Waals surface area contributed by atoms with Crippen molar-refractivity contribution in [2.45, 2.75) is 18.8 Å². The Morgan fingerprint density at radius 3 is 2.32 bits per heavy atom. The van der Waals surface area contributed by atoms with Gasteiger partial charge in [0.1, 0.15) is 5.37 Å². The van der Waals surface area contributed by atoms with Crippen molar-refractivity contribution >= 4 is 17.7 Å². The van der Waals surface area contributed by atoms with Gasteiger partial charge in [0.25, 0.3) is 0 Å². The van der Waals surface area contributed by atoms with Crippen LogP contribution in [-0.4, -0.2) is 26.3 Å². The molecule has 1 aliphatic rings. The molecule has 0 unspecified atom stereocenters. The first kappa shape index (κ1) is 19.6. The molecular weight excluding hydrogens is 402 g/mol. The van der Waals surface area contributed by atoms with Gasteiger partial charge in [-0.2, -0.15) is 5.10 Å². The first-order chi connectivity index (χ1) is 15.2. The van der Waals surface area contributed by atoms with Crippen LogP contribution in [0.15, 0.2) is 91.1 Å². The summed E-state index contributed by atoms with van der Waals surface area (Å²) >= 11 is 1.67. The minimum atomic E-state index is -0.0681. The Morgan fingerprint density at radius 1 is 0.935 bits per heavy atom. The van der Waals surface area contributed by atoms with Crippen molar-refractivity contribution in [2.75, 3.05) is 5.75 Å². The van der Waals surface area contributed by atoms with E-state index in [-0.39, 0.29) is 11.3 Å². The van der Waals surface area contributed by atoms with Gasteiger partial charge in [-0.25, -0.2) is 4.68 Å². The summed E-state index contributed by atoms with van der Waals surface area (Å²) in [5, 5.41) is 4.87. The Labute approximate surface area is 186 Å². The van der Waals surface area contributed by atoms with Crippen molar-refractivity contribution in [2.24, 2.45) is 0 Å². The van der Waals surface area contributed by atoms with E-state index in [0.29, 0.717) is 12.3 Å². The van der Waals surface area contributed by atoms with E-state index in [0.717, 1.165) is 28.1 Å². The number of aromatic nitrogens is 2. The number of hydrogen-bond donors (Lipinski definition) is 0. The molecule has 4 aromatic rings. The normalized spacial score (nSPS) is 16.1. The fourth-order valence-electron chi connectivity index (χ4n) is 3.87. The molecular formula is C26H23N3OS. The predicted molar refractivity (Wildman–Crippen MR) is 126 cm³/mol. The zero-order valence-corrected chi connectivity index (χ0v) is 18.1. The Balaban J connectivity index is 1.56. The summed E-state index contributed by atoms with van der Waals surface area (Å²) in [5.74, 6) is 0.656. The molecule has 1 saturated heterocycles. The van der Waals surface area contributed by atoms with Gasteiger partial charge in [0, 0.05) is 23.9 Å². The fraction of sp³-hybridized carbons (Fsp3) is 0.154. The molecule has 1 amide bonds. The third-order valence-electron chi connectivity index (χ3n) is 5.52. The first-order valence-electron chi connectivity index (χ1n) is 10.4. The molecule has 5 rings (SSSR count). The van der Waals surface area contributed by atoms with Crippen molar-refractivity contribution < 1.29 is 4.79 Å². The van der Waals surface area contributed by atoms with Gasteiger partial charge in [0.15, 0.2) is 0 Å². The van der Waals surface area contributed by atoms with Crippen molar-refractivity contribution in [3.8, 4) is 16.9 Å². The molecule has 1 fully saturated rings. The Kier molecular flexibility index (Phi) is 5.35. The topological polar surface area (TPSA) is 38.1 Å². The molecule has 0 saturated carbocycles. The highest BCUT2D eigenvalue weighted by atomic mass is 32.2. The summed E-state index contributed by atoms with van der Waals surface area (Å²) < 4.78 is 1.92. The highest BCUT2D eigenvalue weighted by Crippen LogP contribution is 2.43. The van der Waals surface area contributed by atoms with Crippen molar-refractivity contribution in [1.82, 2.24) is 14.7 Å². The summed E-state index contributed by atoms with van der Waals surface area (Å²) in [6.45, 7) is 2.68. The largest absolute Gasteiger partial charge is 0.321 e. The molecule has 0 aliphatic carbocycles. The molecule has 0 radical (unpaired) electrons. The summed E-state index contributed by atoms with van der Waals surface area (Å²) in [6, 6.07) is 28.7. The highest BCUT2D eigenvalue weighted by Gasteiger charge is 2.35. The second-order valence-corrected chi connectivity index (χ2v) is 8.82. The van der Waals surface area contributed by atoms with E-state index in [1.54, 1.807) is 11.8 Å². The Bertz CT molecular complexity index is 1190.